The van der Waals surface area contributed by atoms with E-state index in [1.807, 2.05) is 12.1 Å². The maximum atomic E-state index is 11.5. The fourth-order valence-electron chi connectivity index (χ4n) is 2.10. The third-order valence-corrected chi connectivity index (χ3v) is 3.57. The Kier molecular flexibility index (Phi) is 4.77. The van der Waals surface area contributed by atoms with Crippen LogP contribution in [0.3, 0.4) is 0 Å². The molecule has 20 heavy (non-hydrogen) atoms. The van der Waals surface area contributed by atoms with E-state index in [2.05, 4.69) is 0 Å². The first-order valence-corrected chi connectivity index (χ1v) is 6.65. The van der Waals surface area contributed by atoms with Crippen LogP contribution in [0.25, 0.3) is 0 Å². The Morgan fingerprint density at radius 3 is 2.20 bits per heavy atom. The summed E-state index contributed by atoms with van der Waals surface area (Å²) in [6, 6.07) is 14.2. The van der Waals surface area contributed by atoms with Crippen molar-refractivity contribution in [2.45, 2.75) is 18.9 Å². The molecular weight excluding hydrogens is 276 g/mol. The molecule has 0 amide bonds. The van der Waals surface area contributed by atoms with Gasteiger partial charge in [-0.2, -0.15) is 0 Å². The average Bonchev–Trinajstić information content (AvgIpc) is 2.46. The van der Waals surface area contributed by atoms with E-state index in [0.717, 1.165) is 11.1 Å². The summed E-state index contributed by atoms with van der Waals surface area (Å²) in [6.07, 6.45) is 0.366. The van der Waals surface area contributed by atoms with Crippen molar-refractivity contribution in [3.05, 3.63) is 70.2 Å². The highest BCUT2D eigenvalue weighted by molar-refractivity contribution is 6.31. The van der Waals surface area contributed by atoms with Crippen LogP contribution in [0.5, 0.6) is 0 Å². The molecule has 104 valence electrons. The monoisotopic (exact) mass is 290 g/mol. The van der Waals surface area contributed by atoms with E-state index in [-0.39, 0.29) is 6.61 Å². The zero-order valence-electron chi connectivity index (χ0n) is 10.8. The minimum absolute atomic E-state index is 0.0207. The molecule has 0 aromatic heterocycles. The van der Waals surface area contributed by atoms with Gasteiger partial charge in [0.05, 0.1) is 12.5 Å². The second-order valence-electron chi connectivity index (χ2n) is 4.59. The Balaban J connectivity index is 2.26. The zero-order chi connectivity index (χ0) is 14.5. The van der Waals surface area contributed by atoms with Gasteiger partial charge in [0.25, 0.3) is 0 Å². The highest BCUT2D eigenvalue weighted by atomic mass is 35.5. The minimum atomic E-state index is -0.899. The SMILES string of the molecule is O=C(O)C(Cc1ccc(CO)cc1)c1ccccc1Cl. The average molecular weight is 291 g/mol. The predicted molar refractivity (Wildman–Crippen MR) is 77.9 cm³/mol. The van der Waals surface area contributed by atoms with Crippen molar-refractivity contribution in [2.24, 2.45) is 0 Å². The first-order valence-electron chi connectivity index (χ1n) is 6.27. The second kappa shape index (κ2) is 6.55. The lowest BCUT2D eigenvalue weighted by atomic mass is 9.92. The number of hydrogen-bond donors (Lipinski definition) is 2. The fourth-order valence-corrected chi connectivity index (χ4v) is 2.37. The molecule has 1 atom stereocenters. The molecule has 2 aromatic rings. The summed E-state index contributed by atoms with van der Waals surface area (Å²) in [7, 11) is 0. The normalized spacial score (nSPS) is 12.1. The van der Waals surface area contributed by atoms with Crippen LogP contribution in [0, 0.1) is 0 Å². The number of carbonyl (C=O) groups is 1. The summed E-state index contributed by atoms with van der Waals surface area (Å²) < 4.78 is 0. The van der Waals surface area contributed by atoms with Crippen molar-refractivity contribution >= 4 is 17.6 Å². The molecule has 0 aliphatic heterocycles. The van der Waals surface area contributed by atoms with Crippen LogP contribution in [0.1, 0.15) is 22.6 Å². The van der Waals surface area contributed by atoms with Crippen LogP contribution >= 0.6 is 11.6 Å². The smallest absolute Gasteiger partial charge is 0.311 e. The minimum Gasteiger partial charge on any atom is -0.481 e. The number of benzene rings is 2. The molecule has 0 fully saturated rings. The van der Waals surface area contributed by atoms with E-state index in [4.69, 9.17) is 16.7 Å². The number of aliphatic hydroxyl groups excluding tert-OH is 1. The quantitative estimate of drug-likeness (QED) is 0.889. The maximum Gasteiger partial charge on any atom is 0.311 e. The molecule has 1 unspecified atom stereocenters. The van der Waals surface area contributed by atoms with Crippen LogP contribution in [-0.4, -0.2) is 16.2 Å². The molecule has 0 aliphatic carbocycles. The molecule has 2 rings (SSSR count). The predicted octanol–water partition coefficient (Wildman–Crippen LogP) is 3.24. The van der Waals surface area contributed by atoms with Crippen LogP contribution in [-0.2, 0) is 17.8 Å². The van der Waals surface area contributed by atoms with Crippen molar-refractivity contribution in [3.8, 4) is 0 Å². The number of carboxylic acid groups (broad SMARTS) is 1. The van der Waals surface area contributed by atoms with Gasteiger partial charge in [0.2, 0.25) is 0 Å². The fraction of sp³-hybridized carbons (Fsp3) is 0.188. The highest BCUT2D eigenvalue weighted by Crippen LogP contribution is 2.27. The van der Waals surface area contributed by atoms with E-state index in [1.54, 1.807) is 36.4 Å². The summed E-state index contributed by atoms with van der Waals surface area (Å²) in [5.74, 6) is -1.58. The Morgan fingerprint density at radius 2 is 1.65 bits per heavy atom. The molecule has 0 radical (unpaired) electrons. The van der Waals surface area contributed by atoms with E-state index in [9.17, 15) is 9.90 Å². The van der Waals surface area contributed by atoms with Crippen molar-refractivity contribution in [2.75, 3.05) is 0 Å². The molecular formula is C16H15ClO3. The van der Waals surface area contributed by atoms with Crippen LogP contribution in [0.2, 0.25) is 5.02 Å². The lowest BCUT2D eigenvalue weighted by molar-refractivity contribution is -0.138. The van der Waals surface area contributed by atoms with Gasteiger partial charge in [0.15, 0.2) is 0 Å². The topological polar surface area (TPSA) is 57.5 Å². The molecule has 2 N–H and O–H groups in total. The van der Waals surface area contributed by atoms with Gasteiger partial charge in [0.1, 0.15) is 0 Å². The maximum absolute atomic E-state index is 11.5. The van der Waals surface area contributed by atoms with Gasteiger partial charge in [-0.25, -0.2) is 0 Å². The molecule has 0 aliphatic rings. The Labute approximate surface area is 122 Å². The van der Waals surface area contributed by atoms with Crippen molar-refractivity contribution in [1.29, 1.82) is 0 Å². The Morgan fingerprint density at radius 1 is 1.05 bits per heavy atom. The van der Waals surface area contributed by atoms with Crippen LogP contribution < -0.4 is 0 Å². The number of aliphatic carboxylic acids is 1. The number of hydrogen-bond acceptors (Lipinski definition) is 2. The van der Waals surface area contributed by atoms with Gasteiger partial charge in [-0.15, -0.1) is 0 Å². The van der Waals surface area contributed by atoms with E-state index < -0.39 is 11.9 Å². The van der Waals surface area contributed by atoms with Crippen LogP contribution in [0.15, 0.2) is 48.5 Å². The van der Waals surface area contributed by atoms with Gasteiger partial charge in [0, 0.05) is 5.02 Å². The van der Waals surface area contributed by atoms with Gasteiger partial charge < -0.3 is 10.2 Å². The second-order valence-corrected chi connectivity index (χ2v) is 5.00. The molecule has 0 saturated carbocycles. The number of rotatable bonds is 5. The van der Waals surface area contributed by atoms with E-state index in [0.29, 0.717) is 17.0 Å². The first-order chi connectivity index (χ1) is 9.61. The molecule has 0 spiro atoms. The lowest BCUT2D eigenvalue weighted by Crippen LogP contribution is -2.15. The number of carboxylic acids is 1. The molecule has 2 aromatic carbocycles. The van der Waals surface area contributed by atoms with Crippen molar-refractivity contribution in [1.82, 2.24) is 0 Å². The van der Waals surface area contributed by atoms with Crippen molar-refractivity contribution in [3.63, 3.8) is 0 Å². The summed E-state index contributed by atoms with van der Waals surface area (Å²) in [4.78, 5) is 11.5. The summed E-state index contributed by atoms with van der Waals surface area (Å²) in [6.45, 7) is -0.0207. The third kappa shape index (κ3) is 3.38. The van der Waals surface area contributed by atoms with E-state index >= 15 is 0 Å². The number of halogens is 1. The molecule has 3 nitrogen and oxygen atoms in total. The van der Waals surface area contributed by atoms with Crippen molar-refractivity contribution < 1.29 is 15.0 Å². The molecule has 0 bridgehead atoms. The van der Waals surface area contributed by atoms with Gasteiger partial charge in [-0.3, -0.25) is 4.79 Å². The van der Waals surface area contributed by atoms with Crippen LogP contribution in [0.4, 0.5) is 0 Å². The largest absolute Gasteiger partial charge is 0.481 e. The standard InChI is InChI=1S/C16H15ClO3/c17-15-4-2-1-3-13(15)14(16(19)20)9-11-5-7-12(10-18)8-6-11/h1-8,14,18H,9-10H2,(H,19,20). The summed E-state index contributed by atoms with van der Waals surface area (Å²) in [5, 5.41) is 18.9. The summed E-state index contributed by atoms with van der Waals surface area (Å²) >= 11 is 6.08. The third-order valence-electron chi connectivity index (χ3n) is 3.22. The van der Waals surface area contributed by atoms with Gasteiger partial charge >= 0.3 is 5.97 Å². The number of aliphatic hydroxyl groups is 1. The molecule has 4 heteroatoms. The highest BCUT2D eigenvalue weighted by Gasteiger charge is 2.22. The Hall–Kier alpha value is -1.84. The van der Waals surface area contributed by atoms with Gasteiger partial charge in [-0.1, -0.05) is 54.1 Å². The van der Waals surface area contributed by atoms with E-state index in [1.165, 1.54) is 0 Å². The zero-order valence-corrected chi connectivity index (χ0v) is 11.5. The lowest BCUT2D eigenvalue weighted by Gasteiger charge is -2.14. The Bertz CT molecular complexity index is 593. The molecule has 0 heterocycles. The first kappa shape index (κ1) is 14.6. The summed E-state index contributed by atoms with van der Waals surface area (Å²) in [5.41, 5.74) is 2.32. The molecule has 0 saturated heterocycles. The van der Waals surface area contributed by atoms with Gasteiger partial charge in [-0.05, 0) is 29.2 Å².